The summed E-state index contributed by atoms with van der Waals surface area (Å²) in [5.74, 6) is -0.0734. The molecular weight excluding hydrogens is 202 g/mol. The van der Waals surface area contributed by atoms with E-state index in [1.54, 1.807) is 0 Å². The van der Waals surface area contributed by atoms with E-state index < -0.39 is 5.97 Å². The zero-order chi connectivity index (χ0) is 9.68. The second-order valence-electron chi connectivity index (χ2n) is 3.96. The van der Waals surface area contributed by atoms with Crippen molar-refractivity contribution in [1.29, 1.82) is 0 Å². The number of carbonyl (C=O) groups is 1. The van der Waals surface area contributed by atoms with Crippen LogP contribution >= 0.6 is 12.4 Å². The molecule has 0 aromatic carbocycles. The second-order valence-corrected chi connectivity index (χ2v) is 3.96. The lowest BCUT2D eigenvalue weighted by Crippen LogP contribution is -2.37. The molecule has 4 heteroatoms. The minimum atomic E-state index is -0.761. The lowest BCUT2D eigenvalue weighted by molar-refractivity contribution is -0.136. The van der Waals surface area contributed by atoms with Crippen LogP contribution < -0.4 is 5.32 Å². The fraction of sp³-hybridized carbons (Fsp3) is 0.900. The van der Waals surface area contributed by atoms with E-state index in [1.165, 1.54) is 32.1 Å². The van der Waals surface area contributed by atoms with Crippen LogP contribution in [0.3, 0.4) is 0 Å². The van der Waals surface area contributed by atoms with Crippen LogP contribution in [0.5, 0.6) is 0 Å². The monoisotopic (exact) mass is 221 g/mol. The molecule has 1 aliphatic rings. The van der Waals surface area contributed by atoms with Gasteiger partial charge in [-0.25, -0.2) is 0 Å². The zero-order valence-electron chi connectivity index (χ0n) is 8.66. The first-order valence-electron chi connectivity index (χ1n) is 5.15. The Labute approximate surface area is 91.7 Å². The van der Waals surface area contributed by atoms with E-state index in [0.29, 0.717) is 12.0 Å². The molecule has 1 unspecified atom stereocenters. The number of hydrogen-bond donors (Lipinski definition) is 2. The van der Waals surface area contributed by atoms with Gasteiger partial charge in [0.15, 0.2) is 0 Å². The van der Waals surface area contributed by atoms with Gasteiger partial charge >= 0.3 is 5.97 Å². The normalized spacial score (nSPS) is 19.8. The highest BCUT2D eigenvalue weighted by Gasteiger charge is 2.19. The number of carboxylic acids is 1. The Morgan fingerprint density at radius 3 is 2.50 bits per heavy atom. The molecular formula is C10H20ClNO2. The largest absolute Gasteiger partial charge is 0.480 e. The second kappa shape index (κ2) is 7.07. The molecule has 14 heavy (non-hydrogen) atoms. The molecule has 0 bridgehead atoms. The molecule has 0 aromatic heterocycles. The number of nitrogens with one attached hydrogen (secondary N) is 1. The maximum Gasteiger partial charge on any atom is 0.317 e. The van der Waals surface area contributed by atoms with Crippen molar-refractivity contribution in [1.82, 2.24) is 5.32 Å². The van der Waals surface area contributed by atoms with Crippen molar-refractivity contribution in [2.45, 2.75) is 45.1 Å². The molecule has 1 atom stereocenters. The van der Waals surface area contributed by atoms with Crippen LogP contribution in [0.1, 0.15) is 39.0 Å². The van der Waals surface area contributed by atoms with Crippen molar-refractivity contribution in [2.75, 3.05) is 6.54 Å². The average Bonchev–Trinajstić information content (AvgIpc) is 2.15. The van der Waals surface area contributed by atoms with E-state index >= 15 is 0 Å². The van der Waals surface area contributed by atoms with Crippen LogP contribution in [0.4, 0.5) is 0 Å². The van der Waals surface area contributed by atoms with E-state index in [9.17, 15) is 4.79 Å². The fourth-order valence-corrected chi connectivity index (χ4v) is 2.05. The van der Waals surface area contributed by atoms with E-state index in [2.05, 4.69) is 12.2 Å². The van der Waals surface area contributed by atoms with Crippen LogP contribution in [0.25, 0.3) is 0 Å². The van der Waals surface area contributed by atoms with Gasteiger partial charge in [-0.1, -0.05) is 19.3 Å². The summed E-state index contributed by atoms with van der Waals surface area (Å²) in [6.07, 6.45) is 6.48. The predicted octanol–water partition coefficient (Wildman–Crippen LogP) is 2.05. The SMILES string of the molecule is CC(NCC(=O)O)C1CCCCC1.Cl. The van der Waals surface area contributed by atoms with Crippen LogP contribution in [0.15, 0.2) is 0 Å². The molecule has 1 rings (SSSR count). The highest BCUT2D eigenvalue weighted by atomic mass is 35.5. The number of halogens is 1. The van der Waals surface area contributed by atoms with Crippen molar-refractivity contribution in [3.63, 3.8) is 0 Å². The molecule has 0 heterocycles. The van der Waals surface area contributed by atoms with Crippen LogP contribution in [0.2, 0.25) is 0 Å². The molecule has 2 N–H and O–H groups in total. The molecule has 1 aliphatic carbocycles. The molecule has 0 saturated heterocycles. The summed E-state index contributed by atoms with van der Waals surface area (Å²) >= 11 is 0. The topological polar surface area (TPSA) is 49.3 Å². The van der Waals surface area contributed by atoms with Crippen molar-refractivity contribution >= 4 is 18.4 Å². The Hall–Kier alpha value is -0.280. The number of aliphatic carboxylic acids is 1. The fourth-order valence-electron chi connectivity index (χ4n) is 2.05. The van der Waals surface area contributed by atoms with Gasteiger partial charge in [0.05, 0.1) is 6.54 Å². The smallest absolute Gasteiger partial charge is 0.317 e. The summed E-state index contributed by atoms with van der Waals surface area (Å²) in [7, 11) is 0. The third kappa shape index (κ3) is 4.82. The molecule has 0 spiro atoms. The zero-order valence-corrected chi connectivity index (χ0v) is 9.48. The molecule has 0 aromatic rings. The Bertz CT molecular complexity index is 170. The van der Waals surface area contributed by atoms with Crippen molar-refractivity contribution in [2.24, 2.45) is 5.92 Å². The first kappa shape index (κ1) is 13.7. The van der Waals surface area contributed by atoms with E-state index in [0.717, 1.165) is 0 Å². The molecule has 1 saturated carbocycles. The van der Waals surface area contributed by atoms with Gasteiger partial charge in [0, 0.05) is 6.04 Å². The summed E-state index contributed by atoms with van der Waals surface area (Å²) in [4.78, 5) is 10.3. The maximum atomic E-state index is 10.3. The summed E-state index contributed by atoms with van der Waals surface area (Å²) in [5, 5.41) is 11.6. The predicted molar refractivity (Wildman–Crippen MR) is 58.9 cm³/mol. The first-order valence-corrected chi connectivity index (χ1v) is 5.15. The first-order chi connectivity index (χ1) is 6.20. The number of hydrogen-bond acceptors (Lipinski definition) is 2. The summed E-state index contributed by atoms with van der Waals surface area (Å²) < 4.78 is 0. The minimum Gasteiger partial charge on any atom is -0.480 e. The lowest BCUT2D eigenvalue weighted by atomic mass is 9.84. The molecule has 3 nitrogen and oxygen atoms in total. The molecule has 84 valence electrons. The molecule has 0 aliphatic heterocycles. The Kier molecular flexibility index (Phi) is 6.93. The van der Waals surface area contributed by atoms with Crippen molar-refractivity contribution in [3.05, 3.63) is 0 Å². The van der Waals surface area contributed by atoms with E-state index in [-0.39, 0.29) is 19.0 Å². The Morgan fingerprint density at radius 1 is 1.43 bits per heavy atom. The summed E-state index contributed by atoms with van der Waals surface area (Å²) in [6.45, 7) is 2.19. The maximum absolute atomic E-state index is 10.3. The van der Waals surface area contributed by atoms with Gasteiger partial charge in [-0.05, 0) is 25.7 Å². The Balaban J connectivity index is 0.00000169. The molecule has 0 amide bonds. The van der Waals surface area contributed by atoms with Gasteiger partial charge in [0.2, 0.25) is 0 Å². The lowest BCUT2D eigenvalue weighted by Gasteiger charge is -2.27. The van der Waals surface area contributed by atoms with Crippen molar-refractivity contribution in [3.8, 4) is 0 Å². The van der Waals surface area contributed by atoms with Crippen LogP contribution in [-0.4, -0.2) is 23.7 Å². The number of carboxylic acid groups (broad SMARTS) is 1. The van der Waals surface area contributed by atoms with Gasteiger partial charge in [0.1, 0.15) is 0 Å². The third-order valence-electron chi connectivity index (χ3n) is 2.93. The quantitative estimate of drug-likeness (QED) is 0.764. The molecule has 0 radical (unpaired) electrons. The van der Waals surface area contributed by atoms with Crippen molar-refractivity contribution < 1.29 is 9.90 Å². The van der Waals surface area contributed by atoms with Gasteiger partial charge < -0.3 is 10.4 Å². The van der Waals surface area contributed by atoms with Crippen LogP contribution in [-0.2, 0) is 4.79 Å². The van der Waals surface area contributed by atoms with Crippen LogP contribution in [0, 0.1) is 5.92 Å². The molecule has 1 fully saturated rings. The van der Waals surface area contributed by atoms with Gasteiger partial charge in [0.25, 0.3) is 0 Å². The van der Waals surface area contributed by atoms with Gasteiger partial charge in [-0.2, -0.15) is 0 Å². The van der Waals surface area contributed by atoms with Gasteiger partial charge in [-0.15, -0.1) is 12.4 Å². The summed E-state index contributed by atoms with van der Waals surface area (Å²) in [5.41, 5.74) is 0. The standard InChI is InChI=1S/C10H19NO2.ClH/c1-8(11-7-10(12)13)9-5-3-2-4-6-9;/h8-9,11H,2-7H2,1H3,(H,12,13);1H. The average molecular weight is 222 g/mol. The highest BCUT2D eigenvalue weighted by Crippen LogP contribution is 2.26. The summed E-state index contributed by atoms with van der Waals surface area (Å²) in [6, 6.07) is 0.358. The highest BCUT2D eigenvalue weighted by molar-refractivity contribution is 5.85. The van der Waals surface area contributed by atoms with E-state index in [4.69, 9.17) is 5.11 Å². The Morgan fingerprint density at radius 2 is 2.00 bits per heavy atom. The number of rotatable bonds is 4. The van der Waals surface area contributed by atoms with E-state index in [1.807, 2.05) is 0 Å². The third-order valence-corrected chi connectivity index (χ3v) is 2.93. The van der Waals surface area contributed by atoms with Gasteiger partial charge in [-0.3, -0.25) is 4.79 Å². The minimum absolute atomic E-state index is 0.